The molecule has 12 N–H and O–H groups in total. The summed E-state index contributed by atoms with van der Waals surface area (Å²) < 4.78 is 0. The van der Waals surface area contributed by atoms with E-state index in [4.69, 9.17) is 22.3 Å². The molecule has 0 fully saturated rings. The fourth-order valence-corrected chi connectivity index (χ4v) is 3.20. The molecular formula is C21H37N9O6. The number of hydrogen-bond acceptors (Lipinski definition) is 8. The van der Waals surface area contributed by atoms with E-state index in [9.17, 15) is 24.3 Å². The van der Waals surface area contributed by atoms with Crippen molar-refractivity contribution in [3.8, 4) is 0 Å². The van der Waals surface area contributed by atoms with Gasteiger partial charge in [0.1, 0.15) is 24.2 Å². The van der Waals surface area contributed by atoms with Crippen LogP contribution in [0.25, 0.3) is 0 Å². The number of H-pyrrole nitrogens is 1. The second-order valence-electron chi connectivity index (χ2n) is 8.67. The fraction of sp³-hybridized carbons (Fsp3) is 0.619. The number of guanidine groups is 1. The summed E-state index contributed by atoms with van der Waals surface area (Å²) in [5.41, 5.74) is 16.7. The summed E-state index contributed by atoms with van der Waals surface area (Å²) in [6.07, 6.45) is 3.38. The third-order valence-electron chi connectivity index (χ3n) is 5.05. The number of imidazole rings is 1. The molecule has 1 aromatic rings. The number of aliphatic carboxylic acids is 1. The number of aliphatic imine (C=N–C) groups is 1. The summed E-state index contributed by atoms with van der Waals surface area (Å²) in [6.45, 7) is 3.25. The number of rotatable bonds is 16. The van der Waals surface area contributed by atoms with E-state index in [1.807, 2.05) is 13.8 Å². The number of amides is 3. The standard InChI is InChI=1S/C21H37N9O6/c1-11(2)6-15(29-17(32)13(22)9-31)19(34)28-14(4-3-5-26-21(23)24)18(33)30-16(20(35)36)7-12-8-25-10-27-12/h8,10-11,13-16,31H,3-7,9,22H2,1-2H3,(H,25,27)(H,28,34)(H,29,32)(H,30,33)(H,35,36)(H4,23,24,26). The van der Waals surface area contributed by atoms with Gasteiger partial charge < -0.3 is 48.3 Å². The zero-order chi connectivity index (χ0) is 27.3. The van der Waals surface area contributed by atoms with Gasteiger partial charge in [0, 0.05) is 24.9 Å². The average molecular weight is 512 g/mol. The highest BCUT2D eigenvalue weighted by molar-refractivity contribution is 5.94. The van der Waals surface area contributed by atoms with Crippen LogP contribution >= 0.6 is 0 Å². The van der Waals surface area contributed by atoms with Gasteiger partial charge in [0.2, 0.25) is 17.7 Å². The largest absolute Gasteiger partial charge is 0.480 e. The van der Waals surface area contributed by atoms with Crippen LogP contribution in [0.5, 0.6) is 0 Å². The minimum absolute atomic E-state index is 0.00802. The molecule has 1 rings (SSSR count). The van der Waals surface area contributed by atoms with Gasteiger partial charge in [0.15, 0.2) is 5.96 Å². The number of carbonyl (C=O) groups is 4. The maximum Gasteiger partial charge on any atom is 0.326 e. The summed E-state index contributed by atoms with van der Waals surface area (Å²) in [4.78, 5) is 60.4. The minimum Gasteiger partial charge on any atom is -0.480 e. The van der Waals surface area contributed by atoms with Crippen molar-refractivity contribution in [2.75, 3.05) is 13.2 Å². The molecule has 0 aliphatic heterocycles. The van der Waals surface area contributed by atoms with Gasteiger partial charge in [0.05, 0.1) is 12.9 Å². The van der Waals surface area contributed by atoms with Crippen LogP contribution in [0.4, 0.5) is 0 Å². The minimum atomic E-state index is -1.29. The smallest absolute Gasteiger partial charge is 0.326 e. The van der Waals surface area contributed by atoms with Crippen LogP contribution in [0.15, 0.2) is 17.5 Å². The highest BCUT2D eigenvalue weighted by atomic mass is 16.4. The SMILES string of the molecule is CC(C)CC(NC(=O)C(N)CO)C(=O)NC(CCCN=C(N)N)C(=O)NC(Cc1cnc[nH]1)C(=O)O. The fourth-order valence-electron chi connectivity index (χ4n) is 3.20. The predicted octanol–water partition coefficient (Wildman–Crippen LogP) is -3.09. The van der Waals surface area contributed by atoms with E-state index in [2.05, 4.69) is 30.9 Å². The topological polar surface area (TPSA) is 264 Å². The molecule has 3 amide bonds. The molecule has 1 aromatic heterocycles. The van der Waals surface area contributed by atoms with Gasteiger partial charge in [-0.2, -0.15) is 0 Å². The third kappa shape index (κ3) is 11.1. The van der Waals surface area contributed by atoms with Crippen LogP contribution in [0.1, 0.15) is 38.8 Å². The zero-order valence-electron chi connectivity index (χ0n) is 20.4. The summed E-state index contributed by atoms with van der Waals surface area (Å²) >= 11 is 0. The number of aromatic amines is 1. The Labute approximate surface area is 208 Å². The van der Waals surface area contributed by atoms with Gasteiger partial charge in [-0.3, -0.25) is 19.4 Å². The number of carboxylic acids is 1. The molecule has 202 valence electrons. The van der Waals surface area contributed by atoms with Crippen LogP contribution in [0.3, 0.4) is 0 Å². The van der Waals surface area contributed by atoms with Crippen molar-refractivity contribution < 1.29 is 29.4 Å². The molecule has 15 nitrogen and oxygen atoms in total. The second kappa shape index (κ2) is 15.3. The number of aromatic nitrogens is 2. The number of nitrogens with one attached hydrogen (secondary N) is 4. The van der Waals surface area contributed by atoms with Crippen molar-refractivity contribution in [3.05, 3.63) is 18.2 Å². The number of carbonyl (C=O) groups excluding carboxylic acids is 3. The molecule has 4 unspecified atom stereocenters. The van der Waals surface area contributed by atoms with E-state index in [1.54, 1.807) is 0 Å². The molecule has 0 spiro atoms. The highest BCUT2D eigenvalue weighted by Crippen LogP contribution is 2.08. The molecule has 0 radical (unpaired) electrons. The Bertz CT molecular complexity index is 886. The van der Waals surface area contributed by atoms with Crippen molar-refractivity contribution >= 4 is 29.7 Å². The predicted molar refractivity (Wildman–Crippen MR) is 130 cm³/mol. The van der Waals surface area contributed by atoms with Gasteiger partial charge in [-0.1, -0.05) is 13.8 Å². The monoisotopic (exact) mass is 511 g/mol. The second-order valence-corrected chi connectivity index (χ2v) is 8.67. The van der Waals surface area contributed by atoms with E-state index in [0.29, 0.717) is 12.1 Å². The number of nitrogens with two attached hydrogens (primary N) is 3. The van der Waals surface area contributed by atoms with Crippen molar-refractivity contribution in [1.82, 2.24) is 25.9 Å². The molecule has 4 atom stereocenters. The molecule has 0 aromatic carbocycles. The quantitative estimate of drug-likeness (QED) is 0.0613. The number of carboxylic acid groups (broad SMARTS) is 1. The highest BCUT2D eigenvalue weighted by Gasteiger charge is 2.30. The number of hydrogen-bond donors (Lipinski definition) is 9. The maximum atomic E-state index is 13.1. The lowest BCUT2D eigenvalue weighted by atomic mass is 10.0. The molecule has 0 bridgehead atoms. The van der Waals surface area contributed by atoms with Gasteiger partial charge >= 0.3 is 5.97 Å². The van der Waals surface area contributed by atoms with E-state index >= 15 is 0 Å². The van der Waals surface area contributed by atoms with Gasteiger partial charge in [-0.25, -0.2) is 9.78 Å². The van der Waals surface area contributed by atoms with E-state index in [-0.39, 0.29) is 37.7 Å². The maximum absolute atomic E-state index is 13.1. The summed E-state index contributed by atoms with van der Waals surface area (Å²) in [6, 6.07) is -4.69. The van der Waals surface area contributed by atoms with Crippen molar-refractivity contribution in [2.45, 2.75) is 63.7 Å². The van der Waals surface area contributed by atoms with Crippen molar-refractivity contribution in [1.29, 1.82) is 0 Å². The molecule has 0 aliphatic rings. The summed E-state index contributed by atoms with van der Waals surface area (Å²) in [5.74, 6) is -3.54. The molecule has 15 heteroatoms. The van der Waals surface area contributed by atoms with Crippen LogP contribution in [-0.4, -0.2) is 87.2 Å². The normalized spacial score (nSPS) is 14.2. The molecular weight excluding hydrogens is 474 g/mol. The first kappa shape index (κ1) is 30.3. The lowest BCUT2D eigenvalue weighted by molar-refractivity contribution is -0.142. The Kier molecular flexibility index (Phi) is 12.9. The lowest BCUT2D eigenvalue weighted by Crippen LogP contribution is -2.57. The Morgan fingerprint density at radius 3 is 2.19 bits per heavy atom. The average Bonchev–Trinajstić information content (AvgIpc) is 3.31. The molecule has 36 heavy (non-hydrogen) atoms. The number of nitrogens with zero attached hydrogens (tertiary/aromatic N) is 2. The first-order valence-corrected chi connectivity index (χ1v) is 11.5. The van der Waals surface area contributed by atoms with E-state index < -0.39 is 54.5 Å². The van der Waals surface area contributed by atoms with Gasteiger partial charge in [0.25, 0.3) is 0 Å². The first-order valence-electron chi connectivity index (χ1n) is 11.5. The van der Waals surface area contributed by atoms with E-state index in [0.717, 1.165) is 0 Å². The Morgan fingerprint density at radius 2 is 1.67 bits per heavy atom. The molecule has 0 saturated heterocycles. The summed E-state index contributed by atoms with van der Waals surface area (Å²) in [5, 5.41) is 26.2. The van der Waals surface area contributed by atoms with Crippen LogP contribution in [0.2, 0.25) is 0 Å². The number of aliphatic hydroxyl groups is 1. The van der Waals surface area contributed by atoms with E-state index in [1.165, 1.54) is 12.5 Å². The van der Waals surface area contributed by atoms with Crippen molar-refractivity contribution in [3.63, 3.8) is 0 Å². The van der Waals surface area contributed by atoms with Gasteiger partial charge in [-0.05, 0) is 25.2 Å². The summed E-state index contributed by atoms with van der Waals surface area (Å²) in [7, 11) is 0. The molecule has 1 heterocycles. The molecule has 0 saturated carbocycles. The Hall–Kier alpha value is -3.72. The van der Waals surface area contributed by atoms with Crippen LogP contribution in [0, 0.1) is 5.92 Å². The lowest BCUT2D eigenvalue weighted by Gasteiger charge is -2.26. The Morgan fingerprint density at radius 1 is 1.06 bits per heavy atom. The molecule has 0 aliphatic carbocycles. The van der Waals surface area contributed by atoms with Crippen LogP contribution in [-0.2, 0) is 25.6 Å². The third-order valence-corrected chi connectivity index (χ3v) is 5.05. The van der Waals surface area contributed by atoms with Gasteiger partial charge in [-0.15, -0.1) is 0 Å². The number of aliphatic hydroxyl groups excluding tert-OH is 1. The van der Waals surface area contributed by atoms with Crippen LogP contribution < -0.4 is 33.2 Å². The zero-order valence-corrected chi connectivity index (χ0v) is 20.4. The van der Waals surface area contributed by atoms with Crippen molar-refractivity contribution in [2.24, 2.45) is 28.1 Å². The first-order chi connectivity index (χ1) is 16.9. The Balaban J connectivity index is 3.03.